The van der Waals surface area contributed by atoms with Gasteiger partial charge in [-0.2, -0.15) is 0 Å². The van der Waals surface area contributed by atoms with Crippen molar-refractivity contribution in [1.29, 1.82) is 0 Å². The summed E-state index contributed by atoms with van der Waals surface area (Å²) in [5, 5.41) is 14.4. The third-order valence-corrected chi connectivity index (χ3v) is 4.58. The third-order valence-electron chi connectivity index (χ3n) is 4.58. The highest BCUT2D eigenvalue weighted by atomic mass is 16.6. The van der Waals surface area contributed by atoms with Crippen LogP contribution < -0.4 is 0 Å². The summed E-state index contributed by atoms with van der Waals surface area (Å²) < 4.78 is 5.75. The zero-order valence-corrected chi connectivity index (χ0v) is 13.9. The molecule has 5 heteroatoms. The Labute approximate surface area is 137 Å². The molecule has 5 nitrogen and oxygen atoms in total. The van der Waals surface area contributed by atoms with Crippen molar-refractivity contribution in [2.75, 3.05) is 6.61 Å². The van der Waals surface area contributed by atoms with Gasteiger partial charge in [-0.1, -0.05) is 31.3 Å². The first-order valence-corrected chi connectivity index (χ1v) is 8.29. The number of esters is 1. The predicted octanol–water partition coefficient (Wildman–Crippen LogP) is 3.50. The van der Waals surface area contributed by atoms with Crippen LogP contribution >= 0.6 is 0 Å². The fourth-order valence-corrected chi connectivity index (χ4v) is 3.25. The molecule has 126 valence electrons. The summed E-state index contributed by atoms with van der Waals surface area (Å²) in [7, 11) is 0. The molecule has 0 amide bonds. The number of nitrogens with zero attached hydrogens (tertiary/aromatic N) is 1. The Morgan fingerprint density at radius 2 is 2.22 bits per heavy atom. The minimum atomic E-state index is -0.547. The van der Waals surface area contributed by atoms with Crippen LogP contribution in [0.1, 0.15) is 58.8 Å². The number of aliphatic hydroxyl groups excluding tert-OH is 1. The summed E-state index contributed by atoms with van der Waals surface area (Å²) in [6.45, 7) is 4.19. The zero-order valence-electron chi connectivity index (χ0n) is 13.9. The van der Waals surface area contributed by atoms with Crippen molar-refractivity contribution >= 4 is 11.7 Å². The summed E-state index contributed by atoms with van der Waals surface area (Å²) in [6, 6.07) is 0. The Morgan fingerprint density at radius 1 is 1.52 bits per heavy atom. The molecule has 0 radical (unpaired) electrons. The van der Waals surface area contributed by atoms with E-state index in [2.05, 4.69) is 18.0 Å². The van der Waals surface area contributed by atoms with E-state index in [1.165, 1.54) is 0 Å². The van der Waals surface area contributed by atoms with Gasteiger partial charge in [0.15, 0.2) is 6.61 Å². The van der Waals surface area contributed by atoms with Gasteiger partial charge in [-0.25, -0.2) is 4.79 Å². The van der Waals surface area contributed by atoms with Crippen LogP contribution in [0.4, 0.5) is 0 Å². The molecular formula is C18H25NO4. The normalized spacial score (nSPS) is 28.5. The second kappa shape index (κ2) is 7.54. The second-order valence-electron chi connectivity index (χ2n) is 6.52. The molecule has 0 bridgehead atoms. The van der Waals surface area contributed by atoms with Crippen LogP contribution in [-0.2, 0) is 14.4 Å². The van der Waals surface area contributed by atoms with Gasteiger partial charge in [0.05, 0.1) is 5.71 Å². The van der Waals surface area contributed by atoms with Gasteiger partial charge in [0.1, 0.15) is 16.9 Å². The molecule has 1 saturated carbocycles. The van der Waals surface area contributed by atoms with Crippen LogP contribution in [0.5, 0.6) is 0 Å². The molecule has 1 heterocycles. The summed E-state index contributed by atoms with van der Waals surface area (Å²) >= 11 is 0. The van der Waals surface area contributed by atoms with E-state index in [0.717, 1.165) is 32.1 Å². The van der Waals surface area contributed by atoms with E-state index in [-0.39, 0.29) is 17.9 Å². The van der Waals surface area contributed by atoms with Gasteiger partial charge in [-0.3, -0.25) is 0 Å². The molecule has 1 fully saturated rings. The first kappa shape index (κ1) is 17.4. The molecule has 1 aliphatic carbocycles. The van der Waals surface area contributed by atoms with Gasteiger partial charge in [0.2, 0.25) is 0 Å². The Balaban J connectivity index is 2.22. The maximum Gasteiger partial charge on any atom is 0.344 e. The molecule has 2 aliphatic rings. The van der Waals surface area contributed by atoms with Crippen molar-refractivity contribution < 1.29 is 19.5 Å². The lowest BCUT2D eigenvalue weighted by Crippen LogP contribution is -2.44. The van der Waals surface area contributed by atoms with E-state index in [1.807, 2.05) is 6.92 Å². The molecule has 23 heavy (non-hydrogen) atoms. The molecule has 0 unspecified atom stereocenters. The molecule has 0 aromatic heterocycles. The molecule has 1 N–H and O–H groups in total. The summed E-state index contributed by atoms with van der Waals surface area (Å²) in [4.78, 5) is 17.5. The molecule has 0 atom stereocenters. The molecule has 1 aliphatic heterocycles. The van der Waals surface area contributed by atoms with Crippen molar-refractivity contribution in [3.63, 3.8) is 0 Å². The summed E-state index contributed by atoms with van der Waals surface area (Å²) in [6.07, 6.45) is 10.4. The highest BCUT2D eigenvalue weighted by Crippen LogP contribution is 2.42. The molecule has 2 rings (SSSR count). The van der Waals surface area contributed by atoms with Gasteiger partial charge in [0, 0.05) is 6.42 Å². The number of hydrogen-bond acceptors (Lipinski definition) is 5. The van der Waals surface area contributed by atoms with Gasteiger partial charge < -0.3 is 14.7 Å². The second-order valence-corrected chi connectivity index (χ2v) is 6.52. The standard InChI is InChI=1S/C18H25NO4/c1-4-6-14(19-22-11-5-2)16-15(20)12-18(23-17(16)21)9-7-13(3)8-10-18/h2,13,20H,4,6-12H2,1,3H3. The monoisotopic (exact) mass is 319 g/mol. The molecule has 1 spiro atoms. The summed E-state index contributed by atoms with van der Waals surface area (Å²) in [5.74, 6) is 2.52. The highest BCUT2D eigenvalue weighted by Gasteiger charge is 2.44. The average molecular weight is 319 g/mol. The van der Waals surface area contributed by atoms with E-state index >= 15 is 0 Å². The number of hydrogen-bond donors (Lipinski definition) is 1. The molecular weight excluding hydrogens is 294 g/mol. The topological polar surface area (TPSA) is 68.1 Å². The van der Waals surface area contributed by atoms with Crippen molar-refractivity contribution in [2.24, 2.45) is 11.1 Å². The Morgan fingerprint density at radius 3 is 2.78 bits per heavy atom. The lowest BCUT2D eigenvalue weighted by molar-refractivity contribution is -0.162. The van der Waals surface area contributed by atoms with Crippen molar-refractivity contribution in [3.05, 3.63) is 11.3 Å². The number of oxime groups is 1. The zero-order chi connectivity index (χ0) is 16.9. The van der Waals surface area contributed by atoms with Gasteiger partial charge >= 0.3 is 5.97 Å². The van der Waals surface area contributed by atoms with Crippen LogP contribution in [0, 0.1) is 18.3 Å². The lowest BCUT2D eigenvalue weighted by Gasteiger charge is -2.41. The van der Waals surface area contributed by atoms with E-state index < -0.39 is 11.6 Å². The molecule has 0 aromatic rings. The van der Waals surface area contributed by atoms with E-state index in [4.69, 9.17) is 16.0 Å². The highest BCUT2D eigenvalue weighted by molar-refractivity contribution is 6.20. The smallest absolute Gasteiger partial charge is 0.344 e. The number of aliphatic hydroxyl groups is 1. The maximum absolute atomic E-state index is 12.5. The largest absolute Gasteiger partial charge is 0.511 e. The van der Waals surface area contributed by atoms with Crippen molar-refractivity contribution in [3.8, 4) is 12.3 Å². The quantitative estimate of drug-likeness (QED) is 0.277. The van der Waals surface area contributed by atoms with Crippen LogP contribution in [0.25, 0.3) is 0 Å². The molecule has 0 aromatic carbocycles. The first-order chi connectivity index (χ1) is 11.0. The summed E-state index contributed by atoms with van der Waals surface area (Å²) in [5.41, 5.74) is 0.00570. The van der Waals surface area contributed by atoms with Gasteiger partial charge in [-0.05, 0) is 38.0 Å². The number of carbonyl (C=O) groups excluding carboxylic acids is 1. The number of ether oxygens (including phenoxy) is 1. The minimum absolute atomic E-state index is 0.0259. The van der Waals surface area contributed by atoms with Crippen LogP contribution in [0.15, 0.2) is 16.5 Å². The predicted molar refractivity (Wildman–Crippen MR) is 87.9 cm³/mol. The average Bonchev–Trinajstić information content (AvgIpc) is 2.50. The molecule has 0 saturated heterocycles. The Bertz CT molecular complexity index is 548. The van der Waals surface area contributed by atoms with Gasteiger partial charge in [0.25, 0.3) is 0 Å². The fourth-order valence-electron chi connectivity index (χ4n) is 3.25. The Hall–Kier alpha value is -1.96. The van der Waals surface area contributed by atoms with Crippen LogP contribution in [0.3, 0.4) is 0 Å². The fraction of sp³-hybridized carbons (Fsp3) is 0.667. The number of carbonyl (C=O) groups is 1. The van der Waals surface area contributed by atoms with E-state index in [9.17, 15) is 9.90 Å². The maximum atomic E-state index is 12.5. The number of terminal acetylenes is 1. The SMILES string of the molecule is C#CCON=C(CCC)C1=C(O)CC2(CCC(C)CC2)OC1=O. The van der Waals surface area contributed by atoms with Crippen LogP contribution in [-0.4, -0.2) is 29.0 Å². The van der Waals surface area contributed by atoms with Gasteiger partial charge in [-0.15, -0.1) is 6.42 Å². The van der Waals surface area contributed by atoms with E-state index in [1.54, 1.807) is 0 Å². The lowest BCUT2D eigenvalue weighted by atomic mass is 9.75. The number of rotatable bonds is 5. The van der Waals surface area contributed by atoms with E-state index in [0.29, 0.717) is 24.5 Å². The van der Waals surface area contributed by atoms with Crippen molar-refractivity contribution in [2.45, 2.75) is 64.4 Å². The Kier molecular flexibility index (Phi) is 5.70. The first-order valence-electron chi connectivity index (χ1n) is 8.29. The third kappa shape index (κ3) is 4.07. The van der Waals surface area contributed by atoms with Crippen LogP contribution in [0.2, 0.25) is 0 Å². The minimum Gasteiger partial charge on any atom is -0.511 e. The van der Waals surface area contributed by atoms with Crippen molar-refractivity contribution in [1.82, 2.24) is 0 Å².